The van der Waals surface area contributed by atoms with Gasteiger partial charge in [0.2, 0.25) is 5.88 Å². The number of nitrogens with two attached hydrogens (primary N) is 1. The van der Waals surface area contributed by atoms with Gasteiger partial charge in [-0.05, 0) is 19.3 Å². The largest absolute Gasteiger partial charge is 0.481 e. The predicted molar refractivity (Wildman–Crippen MR) is 69.6 cm³/mol. The topological polar surface area (TPSA) is 73.9 Å². The van der Waals surface area contributed by atoms with Crippen LogP contribution in [0.3, 0.4) is 0 Å². The summed E-state index contributed by atoms with van der Waals surface area (Å²) in [7, 11) is 1.59. The molecule has 0 spiro atoms. The van der Waals surface area contributed by atoms with Crippen LogP contribution in [0, 0.1) is 0 Å². The number of thiazole rings is 1. The van der Waals surface area contributed by atoms with Crippen LogP contribution in [-0.4, -0.2) is 22.1 Å². The maximum absolute atomic E-state index is 6.11. The van der Waals surface area contributed by atoms with E-state index < -0.39 is 0 Å². The van der Waals surface area contributed by atoms with E-state index in [-0.39, 0.29) is 6.04 Å². The van der Waals surface area contributed by atoms with Gasteiger partial charge in [0.15, 0.2) is 0 Å². The van der Waals surface area contributed by atoms with E-state index in [1.807, 2.05) is 0 Å². The van der Waals surface area contributed by atoms with Crippen LogP contribution in [-0.2, 0) is 6.42 Å². The molecular weight excluding hydrogens is 248 g/mol. The van der Waals surface area contributed by atoms with E-state index in [4.69, 9.17) is 10.5 Å². The molecule has 0 saturated heterocycles. The number of nitrogens with zero attached hydrogens (tertiary/aromatic N) is 3. The second kappa shape index (κ2) is 4.62. The highest BCUT2D eigenvalue weighted by molar-refractivity contribution is 7.15. The second-order valence-electron chi connectivity index (χ2n) is 4.27. The summed E-state index contributed by atoms with van der Waals surface area (Å²) >= 11 is 1.63. The van der Waals surface area contributed by atoms with Gasteiger partial charge in [-0.25, -0.2) is 15.0 Å². The lowest BCUT2D eigenvalue weighted by molar-refractivity contribution is 0.397. The van der Waals surface area contributed by atoms with Gasteiger partial charge in [0.1, 0.15) is 17.0 Å². The van der Waals surface area contributed by atoms with Crippen LogP contribution in [0.25, 0.3) is 10.7 Å². The molecule has 0 fully saturated rings. The van der Waals surface area contributed by atoms with Gasteiger partial charge < -0.3 is 10.5 Å². The molecule has 1 atom stereocenters. The Morgan fingerprint density at radius 3 is 3.11 bits per heavy atom. The summed E-state index contributed by atoms with van der Waals surface area (Å²) in [5.41, 5.74) is 8.04. The molecule has 18 heavy (non-hydrogen) atoms. The summed E-state index contributed by atoms with van der Waals surface area (Å²) in [6.07, 6.45) is 4.67. The molecule has 94 valence electrons. The van der Waals surface area contributed by atoms with Crippen molar-refractivity contribution >= 4 is 11.3 Å². The first-order chi connectivity index (χ1) is 8.78. The van der Waals surface area contributed by atoms with E-state index in [1.165, 1.54) is 11.2 Å². The van der Waals surface area contributed by atoms with E-state index in [1.54, 1.807) is 24.5 Å². The first-order valence-corrected chi connectivity index (χ1v) is 6.71. The van der Waals surface area contributed by atoms with Gasteiger partial charge in [0, 0.05) is 17.0 Å². The van der Waals surface area contributed by atoms with Crippen LogP contribution >= 0.6 is 11.3 Å². The van der Waals surface area contributed by atoms with Crippen molar-refractivity contribution in [2.45, 2.75) is 25.3 Å². The number of hydrogen-bond donors (Lipinski definition) is 1. The van der Waals surface area contributed by atoms with Gasteiger partial charge >= 0.3 is 0 Å². The van der Waals surface area contributed by atoms with E-state index in [9.17, 15) is 0 Å². The van der Waals surface area contributed by atoms with Crippen molar-refractivity contribution in [2.75, 3.05) is 7.11 Å². The van der Waals surface area contributed by atoms with Crippen molar-refractivity contribution in [1.29, 1.82) is 0 Å². The quantitative estimate of drug-likeness (QED) is 0.895. The summed E-state index contributed by atoms with van der Waals surface area (Å²) in [4.78, 5) is 14.1. The minimum atomic E-state index is 0.128. The molecule has 1 aliphatic carbocycles. The standard InChI is InChI=1S/C12H14N4OS/c1-17-10-5-9(14-6-15-10)12-16-8-4-2-3-7(13)11(8)18-12/h5-7H,2-4,13H2,1H3. The Kier molecular flexibility index (Phi) is 2.97. The number of aryl methyl sites for hydroxylation is 1. The molecule has 2 heterocycles. The predicted octanol–water partition coefficient (Wildman–Crippen LogP) is 1.94. The number of fused-ring (bicyclic) bond motifs is 1. The lowest BCUT2D eigenvalue weighted by Crippen LogP contribution is -2.15. The second-order valence-corrected chi connectivity index (χ2v) is 5.30. The van der Waals surface area contributed by atoms with Crippen molar-refractivity contribution in [3.8, 4) is 16.6 Å². The van der Waals surface area contributed by atoms with Gasteiger partial charge in [0.25, 0.3) is 0 Å². The van der Waals surface area contributed by atoms with Crippen molar-refractivity contribution in [1.82, 2.24) is 15.0 Å². The highest BCUT2D eigenvalue weighted by atomic mass is 32.1. The van der Waals surface area contributed by atoms with Crippen molar-refractivity contribution in [2.24, 2.45) is 5.73 Å². The van der Waals surface area contributed by atoms with Gasteiger partial charge in [0.05, 0.1) is 12.8 Å². The zero-order chi connectivity index (χ0) is 12.5. The fourth-order valence-corrected chi connectivity index (χ4v) is 3.25. The average Bonchev–Trinajstić information content (AvgIpc) is 2.84. The molecule has 2 aromatic heterocycles. The molecule has 0 amide bonds. The number of aromatic nitrogens is 3. The third-order valence-corrected chi connectivity index (χ3v) is 4.32. The molecule has 0 radical (unpaired) electrons. The maximum atomic E-state index is 6.11. The molecule has 0 aliphatic heterocycles. The van der Waals surface area contributed by atoms with Gasteiger partial charge in [-0.15, -0.1) is 11.3 Å². The van der Waals surface area contributed by atoms with Gasteiger partial charge in [-0.3, -0.25) is 0 Å². The highest BCUT2D eigenvalue weighted by Gasteiger charge is 2.22. The first-order valence-electron chi connectivity index (χ1n) is 5.89. The van der Waals surface area contributed by atoms with E-state index >= 15 is 0 Å². The first kappa shape index (κ1) is 11.6. The van der Waals surface area contributed by atoms with Crippen molar-refractivity contribution < 1.29 is 4.74 Å². The number of rotatable bonds is 2. The third kappa shape index (κ3) is 1.97. The molecule has 0 saturated carbocycles. The van der Waals surface area contributed by atoms with Crippen LogP contribution in [0.15, 0.2) is 12.4 Å². The van der Waals surface area contributed by atoms with Crippen LogP contribution in [0.5, 0.6) is 5.88 Å². The van der Waals surface area contributed by atoms with Crippen molar-refractivity contribution in [3.05, 3.63) is 23.0 Å². The maximum Gasteiger partial charge on any atom is 0.216 e. The fraction of sp³-hybridized carbons (Fsp3) is 0.417. The Hall–Kier alpha value is -1.53. The van der Waals surface area contributed by atoms with Gasteiger partial charge in [-0.2, -0.15) is 0 Å². The van der Waals surface area contributed by atoms with Crippen LogP contribution in [0.4, 0.5) is 0 Å². The molecule has 2 N–H and O–H groups in total. The molecule has 5 nitrogen and oxygen atoms in total. The van der Waals surface area contributed by atoms with E-state index in [2.05, 4.69) is 15.0 Å². The SMILES string of the molecule is COc1cc(-c2nc3c(s2)C(N)CCC3)ncn1. The summed E-state index contributed by atoms with van der Waals surface area (Å²) in [6, 6.07) is 1.93. The molecule has 3 rings (SSSR count). The summed E-state index contributed by atoms with van der Waals surface area (Å²) in [6.45, 7) is 0. The lowest BCUT2D eigenvalue weighted by atomic mass is 9.99. The van der Waals surface area contributed by atoms with Crippen LogP contribution < -0.4 is 10.5 Å². The monoisotopic (exact) mass is 262 g/mol. The molecule has 0 aromatic carbocycles. The number of hydrogen-bond acceptors (Lipinski definition) is 6. The minimum absolute atomic E-state index is 0.128. The third-order valence-electron chi connectivity index (χ3n) is 3.06. The molecule has 0 bridgehead atoms. The molecule has 2 aromatic rings. The lowest BCUT2D eigenvalue weighted by Gasteiger charge is -2.15. The Morgan fingerprint density at radius 1 is 1.44 bits per heavy atom. The minimum Gasteiger partial charge on any atom is -0.481 e. The number of methoxy groups -OCH3 is 1. The normalized spacial score (nSPS) is 18.4. The van der Waals surface area contributed by atoms with Crippen molar-refractivity contribution in [3.63, 3.8) is 0 Å². The Balaban J connectivity index is 2.01. The zero-order valence-corrected chi connectivity index (χ0v) is 10.9. The van der Waals surface area contributed by atoms with E-state index in [0.29, 0.717) is 5.88 Å². The number of ether oxygens (including phenoxy) is 1. The zero-order valence-electron chi connectivity index (χ0n) is 10.1. The van der Waals surface area contributed by atoms with Crippen LogP contribution in [0.2, 0.25) is 0 Å². The van der Waals surface area contributed by atoms with Crippen LogP contribution in [0.1, 0.15) is 29.5 Å². The fourth-order valence-electron chi connectivity index (χ4n) is 2.13. The smallest absolute Gasteiger partial charge is 0.216 e. The van der Waals surface area contributed by atoms with E-state index in [0.717, 1.165) is 35.7 Å². The Labute approximate surface area is 109 Å². The summed E-state index contributed by atoms with van der Waals surface area (Å²) < 4.78 is 5.10. The average molecular weight is 262 g/mol. The Morgan fingerprint density at radius 2 is 2.33 bits per heavy atom. The highest BCUT2D eigenvalue weighted by Crippen LogP contribution is 2.36. The molecular formula is C12H14N4OS. The van der Waals surface area contributed by atoms with Gasteiger partial charge in [-0.1, -0.05) is 0 Å². The molecule has 1 unspecified atom stereocenters. The summed E-state index contributed by atoms with van der Waals surface area (Å²) in [5, 5.41) is 0.901. The molecule has 6 heteroatoms. The summed E-state index contributed by atoms with van der Waals surface area (Å²) in [5.74, 6) is 0.553. The molecule has 1 aliphatic rings. The Bertz CT molecular complexity index is 569.